The van der Waals surface area contributed by atoms with Gasteiger partial charge in [0.05, 0.1) is 7.11 Å². The highest BCUT2D eigenvalue weighted by molar-refractivity contribution is 7.91. The van der Waals surface area contributed by atoms with Gasteiger partial charge >= 0.3 is 0 Å². The van der Waals surface area contributed by atoms with Crippen molar-refractivity contribution >= 4 is 32.4 Å². The molecule has 2 aromatic carbocycles. The first-order chi connectivity index (χ1) is 14.0. The lowest BCUT2D eigenvalue weighted by atomic mass is 10.1. The van der Waals surface area contributed by atoms with Crippen LogP contribution in [0, 0.1) is 0 Å². The summed E-state index contributed by atoms with van der Waals surface area (Å²) >= 11 is 0.799. The maximum absolute atomic E-state index is 12.4. The Kier molecular flexibility index (Phi) is 6.91. The van der Waals surface area contributed by atoms with E-state index in [2.05, 4.69) is 20.2 Å². The van der Waals surface area contributed by atoms with Crippen LogP contribution >= 0.6 is 11.3 Å². The number of nitrogens with zero attached hydrogens (tertiary/aromatic N) is 2. The molecule has 1 amide bonds. The number of anilines is 1. The molecule has 3 aromatic rings. The Morgan fingerprint density at radius 2 is 1.79 bits per heavy atom. The molecule has 0 aliphatic carbocycles. The molecule has 2 N–H and O–H groups in total. The maximum atomic E-state index is 12.4. The lowest BCUT2D eigenvalue weighted by Gasteiger charge is -2.08. The van der Waals surface area contributed by atoms with Crippen molar-refractivity contribution in [3.63, 3.8) is 0 Å². The Bertz CT molecular complexity index is 1070. The predicted molar refractivity (Wildman–Crippen MR) is 111 cm³/mol. The van der Waals surface area contributed by atoms with Crippen molar-refractivity contribution < 1.29 is 17.9 Å². The first-order valence-corrected chi connectivity index (χ1v) is 11.1. The summed E-state index contributed by atoms with van der Waals surface area (Å²) in [6.45, 7) is 0.242. The van der Waals surface area contributed by atoms with Gasteiger partial charge in [-0.05, 0) is 36.6 Å². The van der Waals surface area contributed by atoms with Gasteiger partial charge in [0.1, 0.15) is 5.75 Å². The van der Waals surface area contributed by atoms with Crippen LogP contribution in [-0.2, 0) is 16.4 Å². The Hall–Kier alpha value is -2.82. The third-order valence-corrected chi connectivity index (χ3v) is 6.67. The van der Waals surface area contributed by atoms with E-state index in [0.717, 1.165) is 22.6 Å². The van der Waals surface area contributed by atoms with Crippen LogP contribution in [-0.4, -0.2) is 38.2 Å². The van der Waals surface area contributed by atoms with Gasteiger partial charge in [0.2, 0.25) is 9.47 Å². The van der Waals surface area contributed by atoms with E-state index in [1.165, 1.54) is 0 Å². The standard InChI is InChI=1S/C19H20N4O4S2/c1-27-16-12-6-5-8-14(16)11-7-13-20-29(25,26)19-23-22-18(28-19)21-17(24)15-9-3-2-4-10-15/h2-6,8-10,12,20H,7,11,13H2,1H3,(H,21,22,24). The second kappa shape index (κ2) is 9.59. The molecule has 0 radical (unpaired) electrons. The number of carbonyl (C=O) groups is 1. The molecule has 3 rings (SSSR count). The summed E-state index contributed by atoms with van der Waals surface area (Å²) < 4.78 is 32.4. The first kappa shape index (κ1) is 20.9. The third-order valence-electron chi connectivity index (χ3n) is 4.00. The van der Waals surface area contributed by atoms with Crippen molar-refractivity contribution in [1.29, 1.82) is 0 Å². The van der Waals surface area contributed by atoms with Gasteiger partial charge in [0, 0.05) is 12.1 Å². The molecule has 0 bridgehead atoms. The number of hydrogen-bond acceptors (Lipinski definition) is 7. The number of para-hydroxylation sites is 1. The summed E-state index contributed by atoms with van der Waals surface area (Å²) in [5, 5.41) is 10.1. The van der Waals surface area contributed by atoms with Crippen LogP contribution < -0.4 is 14.8 Å². The zero-order chi connectivity index (χ0) is 20.7. The van der Waals surface area contributed by atoms with Crippen LogP contribution in [0.4, 0.5) is 5.13 Å². The molecule has 0 fully saturated rings. The number of benzene rings is 2. The highest BCUT2D eigenvalue weighted by Gasteiger charge is 2.20. The van der Waals surface area contributed by atoms with Crippen molar-refractivity contribution in [2.24, 2.45) is 0 Å². The number of hydrogen-bond donors (Lipinski definition) is 2. The van der Waals surface area contributed by atoms with Gasteiger partial charge in [0.15, 0.2) is 0 Å². The van der Waals surface area contributed by atoms with Gasteiger partial charge in [-0.1, -0.05) is 47.7 Å². The number of methoxy groups -OCH3 is 1. The van der Waals surface area contributed by atoms with Gasteiger partial charge < -0.3 is 4.74 Å². The second-order valence-corrected chi connectivity index (χ2v) is 8.92. The molecule has 8 nitrogen and oxygen atoms in total. The van der Waals surface area contributed by atoms with Crippen molar-refractivity contribution in [2.45, 2.75) is 17.2 Å². The Balaban J connectivity index is 1.54. The van der Waals surface area contributed by atoms with Crippen molar-refractivity contribution in [1.82, 2.24) is 14.9 Å². The quantitative estimate of drug-likeness (QED) is 0.397. The number of aryl methyl sites for hydroxylation is 1. The fourth-order valence-corrected chi connectivity index (χ4v) is 4.59. The van der Waals surface area contributed by atoms with E-state index in [1.54, 1.807) is 37.4 Å². The molecular weight excluding hydrogens is 412 g/mol. The summed E-state index contributed by atoms with van der Waals surface area (Å²) in [6.07, 6.45) is 1.26. The Morgan fingerprint density at radius 3 is 2.55 bits per heavy atom. The number of amides is 1. The molecule has 0 aliphatic heterocycles. The molecule has 29 heavy (non-hydrogen) atoms. The Labute approximate surface area is 173 Å². The summed E-state index contributed by atoms with van der Waals surface area (Å²) in [5.74, 6) is 0.397. The van der Waals surface area contributed by atoms with E-state index in [0.29, 0.717) is 18.4 Å². The van der Waals surface area contributed by atoms with E-state index >= 15 is 0 Å². The molecule has 0 saturated carbocycles. The van der Waals surface area contributed by atoms with Crippen LogP contribution in [0.15, 0.2) is 58.9 Å². The summed E-state index contributed by atoms with van der Waals surface area (Å²) in [6, 6.07) is 16.2. The summed E-state index contributed by atoms with van der Waals surface area (Å²) in [7, 11) is -2.20. The lowest BCUT2D eigenvalue weighted by Crippen LogP contribution is -2.25. The van der Waals surface area contributed by atoms with Crippen molar-refractivity contribution in [3.05, 3.63) is 65.7 Å². The SMILES string of the molecule is COc1ccccc1CCCNS(=O)(=O)c1nnc(NC(=O)c2ccccc2)s1. The van der Waals surface area contributed by atoms with E-state index in [9.17, 15) is 13.2 Å². The molecular formula is C19H20N4O4S2. The van der Waals surface area contributed by atoms with Crippen LogP contribution in [0.25, 0.3) is 0 Å². The number of sulfonamides is 1. The fourth-order valence-electron chi connectivity index (χ4n) is 2.58. The molecule has 0 aliphatic rings. The van der Waals surface area contributed by atoms with Crippen molar-refractivity contribution in [3.8, 4) is 5.75 Å². The number of aromatic nitrogens is 2. The summed E-state index contributed by atoms with van der Waals surface area (Å²) in [4.78, 5) is 12.1. The molecule has 0 unspecified atom stereocenters. The smallest absolute Gasteiger partial charge is 0.269 e. The van der Waals surface area contributed by atoms with Crippen LogP contribution in [0.3, 0.4) is 0 Å². The second-order valence-electron chi connectivity index (χ2n) is 6.01. The van der Waals surface area contributed by atoms with Gasteiger partial charge in [-0.3, -0.25) is 10.1 Å². The normalized spacial score (nSPS) is 11.2. The molecule has 152 valence electrons. The minimum absolute atomic E-state index is 0.119. The molecule has 10 heteroatoms. The number of nitrogens with one attached hydrogen (secondary N) is 2. The molecule has 0 spiro atoms. The largest absolute Gasteiger partial charge is 0.496 e. The highest BCUT2D eigenvalue weighted by Crippen LogP contribution is 2.21. The van der Waals surface area contributed by atoms with E-state index in [4.69, 9.17) is 4.74 Å². The minimum Gasteiger partial charge on any atom is -0.496 e. The maximum Gasteiger partial charge on any atom is 0.269 e. The molecule has 1 heterocycles. The lowest BCUT2D eigenvalue weighted by molar-refractivity contribution is 0.102. The van der Waals surface area contributed by atoms with Gasteiger partial charge in [0.25, 0.3) is 15.9 Å². The number of carbonyl (C=O) groups excluding carboxylic acids is 1. The monoisotopic (exact) mass is 432 g/mol. The van der Waals surface area contributed by atoms with E-state index < -0.39 is 10.0 Å². The highest BCUT2D eigenvalue weighted by atomic mass is 32.2. The number of ether oxygens (including phenoxy) is 1. The van der Waals surface area contributed by atoms with E-state index in [1.807, 2.05) is 24.3 Å². The topological polar surface area (TPSA) is 110 Å². The van der Waals surface area contributed by atoms with Gasteiger partial charge in [-0.15, -0.1) is 10.2 Å². The minimum atomic E-state index is -3.80. The van der Waals surface area contributed by atoms with Crippen molar-refractivity contribution in [2.75, 3.05) is 19.0 Å². The molecule has 0 atom stereocenters. The average molecular weight is 433 g/mol. The van der Waals surface area contributed by atoms with Gasteiger partial charge in [-0.2, -0.15) is 0 Å². The average Bonchev–Trinajstić information content (AvgIpc) is 3.21. The third kappa shape index (κ3) is 5.59. The zero-order valence-electron chi connectivity index (χ0n) is 15.7. The zero-order valence-corrected chi connectivity index (χ0v) is 17.3. The molecule has 0 saturated heterocycles. The van der Waals surface area contributed by atoms with Crippen LogP contribution in [0.5, 0.6) is 5.75 Å². The number of rotatable bonds is 9. The van der Waals surface area contributed by atoms with Crippen LogP contribution in [0.1, 0.15) is 22.3 Å². The summed E-state index contributed by atoms with van der Waals surface area (Å²) in [5.41, 5.74) is 1.46. The van der Waals surface area contributed by atoms with Crippen LogP contribution in [0.2, 0.25) is 0 Å². The Morgan fingerprint density at radius 1 is 1.07 bits per heavy atom. The fraction of sp³-hybridized carbons (Fsp3) is 0.211. The van der Waals surface area contributed by atoms with Gasteiger partial charge in [-0.25, -0.2) is 13.1 Å². The predicted octanol–water partition coefficient (Wildman–Crippen LogP) is 2.71. The van der Waals surface area contributed by atoms with E-state index in [-0.39, 0.29) is 21.9 Å². The molecule has 1 aromatic heterocycles. The first-order valence-electron chi connectivity index (χ1n) is 8.81.